The summed E-state index contributed by atoms with van der Waals surface area (Å²) in [5.41, 5.74) is 10.4. The third-order valence-corrected chi connectivity index (χ3v) is 12.1. The minimum absolute atomic E-state index is 0.229. The van der Waals surface area contributed by atoms with Crippen molar-refractivity contribution in [1.82, 2.24) is 9.97 Å². The van der Waals surface area contributed by atoms with Gasteiger partial charge in [0.25, 0.3) is 0 Å². The molecule has 9 aromatic rings. The van der Waals surface area contributed by atoms with Crippen LogP contribution in [-0.4, -0.2) is 9.97 Å². The van der Waals surface area contributed by atoms with E-state index in [0.717, 1.165) is 67.5 Å². The Hall–Kier alpha value is -8.12. The second-order valence-electron chi connectivity index (χ2n) is 17.7. The van der Waals surface area contributed by atoms with E-state index < -0.39 is 12.6 Å². The summed E-state index contributed by atoms with van der Waals surface area (Å²) in [6, 6.07) is 71.9. The van der Waals surface area contributed by atoms with Gasteiger partial charge in [-0.1, -0.05) is 170 Å². The summed E-state index contributed by atoms with van der Waals surface area (Å²) in [5.74, 6) is 3.05. The molecule has 0 fully saturated rings. The first-order valence-electron chi connectivity index (χ1n) is 24.8. The molecule has 0 aliphatic carbocycles. The number of rotatable bonds is 26. The zero-order valence-corrected chi connectivity index (χ0v) is 41.8. The Bertz CT molecular complexity index is 2660. The van der Waals surface area contributed by atoms with Crippen LogP contribution in [0.15, 0.2) is 218 Å². The van der Waals surface area contributed by atoms with Gasteiger partial charge in [0.1, 0.15) is 60.8 Å². The van der Waals surface area contributed by atoms with Crippen molar-refractivity contribution in [1.29, 1.82) is 0 Å². The molecule has 0 radical (unpaired) electrons. The summed E-state index contributed by atoms with van der Waals surface area (Å²) in [6.45, 7) is 6.64. The molecule has 8 aromatic carbocycles. The molecule has 0 unspecified atom stereocenters. The van der Waals surface area contributed by atoms with Crippen LogP contribution in [0.4, 0.5) is 0 Å². The molecule has 1 aromatic heterocycles. The molecule has 1 heterocycles. The van der Waals surface area contributed by atoms with Crippen LogP contribution in [0, 0.1) is 13.8 Å². The predicted octanol–water partition coefficient (Wildman–Crippen LogP) is 14.3. The van der Waals surface area contributed by atoms with Gasteiger partial charge in [0.05, 0.1) is 37.8 Å². The van der Waals surface area contributed by atoms with Crippen molar-refractivity contribution in [2.45, 2.75) is 79.3 Å². The van der Waals surface area contributed by atoms with E-state index in [-0.39, 0.29) is 26.4 Å². The van der Waals surface area contributed by atoms with Gasteiger partial charge in [0.2, 0.25) is 12.6 Å². The van der Waals surface area contributed by atoms with Crippen LogP contribution in [0.2, 0.25) is 0 Å². The second kappa shape index (κ2) is 26.5. The van der Waals surface area contributed by atoms with Crippen molar-refractivity contribution in [3.8, 4) is 23.0 Å². The zero-order valence-electron chi connectivity index (χ0n) is 41.8. The van der Waals surface area contributed by atoms with Gasteiger partial charge >= 0.3 is 0 Å². The van der Waals surface area contributed by atoms with Crippen molar-refractivity contribution in [2.75, 3.05) is 0 Å². The summed E-state index contributed by atoms with van der Waals surface area (Å²) in [4.78, 5) is 10.3. The van der Waals surface area contributed by atoms with Gasteiger partial charge in [-0.25, -0.2) is 4.98 Å². The van der Waals surface area contributed by atoms with Gasteiger partial charge in [-0.3, -0.25) is 4.98 Å². The van der Waals surface area contributed by atoms with Gasteiger partial charge in [-0.15, -0.1) is 0 Å². The minimum atomic E-state index is -0.919. The molecular formula is C64H60N2O8. The fraction of sp³-hybridized carbons (Fsp3) is 0.188. The first-order chi connectivity index (χ1) is 36.5. The molecular weight excluding hydrogens is 925 g/mol. The summed E-state index contributed by atoms with van der Waals surface area (Å²) in [7, 11) is 0. The van der Waals surface area contributed by atoms with Crippen LogP contribution in [-0.2, 0) is 71.8 Å². The van der Waals surface area contributed by atoms with E-state index in [0.29, 0.717) is 49.2 Å². The molecule has 0 atom stereocenters. The van der Waals surface area contributed by atoms with Crippen molar-refractivity contribution in [2.24, 2.45) is 0 Å². The van der Waals surface area contributed by atoms with Gasteiger partial charge in [0, 0.05) is 0 Å². The van der Waals surface area contributed by atoms with Gasteiger partial charge < -0.3 is 37.9 Å². The molecule has 0 N–H and O–H groups in total. The standard InChI is InChI=1S/C64H60N2O8/c1-47-61(63(71-43-53-23-31-57(32-24-53)67-39-49-15-7-3-8-16-49)72-44-54-25-33-58(34-26-54)68-40-50-17-9-4-10-18-50)66-62(48(2)65-47)64(73-45-55-27-35-59(36-28-55)69-41-51-19-11-5-12-20-51)74-46-56-29-37-60(38-30-56)70-42-52-21-13-6-14-22-52/h3-38,63-64H,39-46H2,1-2H3. The molecule has 10 heteroatoms. The average molecular weight is 985 g/mol. The van der Waals surface area contributed by atoms with Crippen LogP contribution >= 0.6 is 0 Å². The largest absolute Gasteiger partial charge is 0.489 e. The fourth-order valence-electron chi connectivity index (χ4n) is 7.90. The van der Waals surface area contributed by atoms with Crippen LogP contribution in [0.5, 0.6) is 23.0 Å². The minimum Gasteiger partial charge on any atom is -0.489 e. The molecule has 0 aliphatic rings. The maximum Gasteiger partial charge on any atom is 0.203 e. The molecule has 0 spiro atoms. The molecule has 10 nitrogen and oxygen atoms in total. The van der Waals surface area contributed by atoms with Gasteiger partial charge in [-0.2, -0.15) is 0 Å². The lowest BCUT2D eigenvalue weighted by Gasteiger charge is -2.24. The number of ether oxygens (including phenoxy) is 8. The third-order valence-electron chi connectivity index (χ3n) is 12.1. The molecule has 0 aliphatic heterocycles. The first-order valence-corrected chi connectivity index (χ1v) is 24.8. The topological polar surface area (TPSA) is 99.6 Å². The molecule has 0 saturated carbocycles. The van der Waals surface area contributed by atoms with E-state index in [1.165, 1.54) is 0 Å². The Morgan fingerprint density at radius 2 is 0.473 bits per heavy atom. The molecule has 9 rings (SSSR count). The molecule has 0 bridgehead atoms. The lowest BCUT2D eigenvalue weighted by molar-refractivity contribution is -0.170. The van der Waals surface area contributed by atoms with Crippen LogP contribution in [0.3, 0.4) is 0 Å². The van der Waals surface area contributed by atoms with Crippen LogP contribution in [0.1, 0.15) is 79.9 Å². The highest BCUT2D eigenvalue weighted by atomic mass is 16.7. The summed E-state index contributed by atoms with van der Waals surface area (Å²) >= 11 is 0. The first kappa shape index (κ1) is 50.8. The number of hydrogen-bond donors (Lipinski definition) is 0. The number of aryl methyl sites for hydroxylation is 2. The smallest absolute Gasteiger partial charge is 0.203 e. The summed E-state index contributed by atoms with van der Waals surface area (Å²) in [5, 5.41) is 0. The Morgan fingerprint density at radius 3 is 0.703 bits per heavy atom. The van der Waals surface area contributed by atoms with Gasteiger partial charge in [-0.05, 0) is 107 Å². The quantitative estimate of drug-likeness (QED) is 0.0488. The van der Waals surface area contributed by atoms with Crippen molar-refractivity contribution >= 4 is 0 Å². The van der Waals surface area contributed by atoms with Crippen molar-refractivity contribution in [3.05, 3.63) is 286 Å². The van der Waals surface area contributed by atoms with E-state index in [4.69, 9.17) is 47.9 Å². The van der Waals surface area contributed by atoms with Gasteiger partial charge in [0.15, 0.2) is 0 Å². The number of nitrogens with zero attached hydrogens (tertiary/aromatic N) is 2. The lowest BCUT2D eigenvalue weighted by Crippen LogP contribution is -2.19. The second-order valence-corrected chi connectivity index (χ2v) is 17.7. The molecule has 0 amide bonds. The predicted molar refractivity (Wildman–Crippen MR) is 285 cm³/mol. The molecule has 74 heavy (non-hydrogen) atoms. The number of benzene rings is 8. The molecule has 0 saturated heterocycles. The number of aromatic nitrogens is 2. The van der Waals surface area contributed by atoms with E-state index >= 15 is 0 Å². The van der Waals surface area contributed by atoms with E-state index in [1.54, 1.807) is 0 Å². The number of hydrogen-bond acceptors (Lipinski definition) is 10. The maximum atomic E-state index is 6.65. The SMILES string of the molecule is Cc1nc(C)c(C(OCc2ccc(OCc3ccccc3)cc2)OCc2ccc(OCc3ccccc3)cc2)nc1C(OCc1ccc(OCc2ccccc2)cc1)OCc1ccc(OCc2ccccc2)cc1. The highest BCUT2D eigenvalue weighted by Gasteiger charge is 2.26. The zero-order chi connectivity index (χ0) is 50.6. The van der Waals surface area contributed by atoms with Crippen LogP contribution in [0.25, 0.3) is 0 Å². The fourth-order valence-corrected chi connectivity index (χ4v) is 7.90. The Labute approximate surface area is 434 Å². The van der Waals surface area contributed by atoms with E-state index in [1.807, 2.05) is 232 Å². The maximum absolute atomic E-state index is 6.65. The Morgan fingerprint density at radius 1 is 0.257 bits per heavy atom. The van der Waals surface area contributed by atoms with E-state index in [2.05, 4.69) is 0 Å². The average Bonchev–Trinajstić information content (AvgIpc) is 3.46. The Balaban J connectivity index is 0.935. The summed E-state index contributed by atoms with van der Waals surface area (Å²) < 4.78 is 50.9. The Kier molecular flexibility index (Phi) is 18.2. The third kappa shape index (κ3) is 15.4. The van der Waals surface area contributed by atoms with Crippen molar-refractivity contribution in [3.63, 3.8) is 0 Å². The molecule has 374 valence electrons. The summed E-state index contributed by atoms with van der Waals surface area (Å²) in [6.07, 6.45) is -1.84. The monoisotopic (exact) mass is 984 g/mol. The highest BCUT2D eigenvalue weighted by Crippen LogP contribution is 2.30. The lowest BCUT2D eigenvalue weighted by atomic mass is 10.2. The van der Waals surface area contributed by atoms with E-state index in [9.17, 15) is 0 Å². The van der Waals surface area contributed by atoms with Crippen LogP contribution < -0.4 is 18.9 Å². The van der Waals surface area contributed by atoms with Crippen molar-refractivity contribution < 1.29 is 37.9 Å². The normalized spacial score (nSPS) is 11.2. The highest BCUT2D eigenvalue weighted by molar-refractivity contribution is 5.32.